The predicted octanol–water partition coefficient (Wildman–Crippen LogP) is 7.77. The third-order valence-corrected chi connectivity index (χ3v) is 8.29. The molecule has 0 bridgehead atoms. The lowest BCUT2D eigenvalue weighted by molar-refractivity contribution is -0.119. The first-order valence-corrected chi connectivity index (χ1v) is 13.6. The number of halogens is 1. The molecule has 0 aliphatic heterocycles. The highest BCUT2D eigenvalue weighted by molar-refractivity contribution is 7.14. The van der Waals surface area contributed by atoms with Gasteiger partial charge in [-0.3, -0.25) is 14.9 Å². The standard InChI is InChI=1S/C30H24FN5OS/c31-28-11-10-27(38-28)21-6-3-7-24-22(21)14-26(34-24)29-23-13-18(8-9-25(23)35-36-29)19-12-20(16-32-15-19)33-30(37)17-4-1-2-5-17/h3,6-17,34H,1-2,4-5H2,(H,33,37)(H,35,36). The molecule has 1 amide bonds. The maximum atomic E-state index is 13.7. The molecule has 4 heterocycles. The summed E-state index contributed by atoms with van der Waals surface area (Å²) in [5, 5.41) is 12.6. The number of benzene rings is 2. The molecular formula is C30H24FN5OS. The molecular weight excluding hydrogens is 497 g/mol. The Balaban J connectivity index is 1.24. The molecule has 1 saturated carbocycles. The van der Waals surface area contributed by atoms with Crippen LogP contribution in [0.4, 0.5) is 10.1 Å². The normalized spacial score (nSPS) is 14.0. The van der Waals surface area contributed by atoms with E-state index in [0.29, 0.717) is 5.69 Å². The van der Waals surface area contributed by atoms with E-state index in [2.05, 4.69) is 37.6 Å². The first-order valence-electron chi connectivity index (χ1n) is 12.7. The average molecular weight is 522 g/mol. The number of aromatic nitrogens is 4. The van der Waals surface area contributed by atoms with Crippen LogP contribution in [0, 0.1) is 11.0 Å². The number of amides is 1. The van der Waals surface area contributed by atoms with E-state index in [4.69, 9.17) is 0 Å². The van der Waals surface area contributed by atoms with Crippen LogP contribution in [0.5, 0.6) is 0 Å². The minimum atomic E-state index is -0.199. The highest BCUT2D eigenvalue weighted by atomic mass is 32.1. The Morgan fingerprint density at radius 1 is 0.947 bits per heavy atom. The summed E-state index contributed by atoms with van der Waals surface area (Å²) in [6, 6.07) is 19.5. The number of carbonyl (C=O) groups excluding carboxylic acids is 1. The van der Waals surface area contributed by atoms with Crippen molar-refractivity contribution in [1.29, 1.82) is 0 Å². The minimum absolute atomic E-state index is 0.0810. The fraction of sp³-hybridized carbons (Fsp3) is 0.167. The Morgan fingerprint density at radius 2 is 1.84 bits per heavy atom. The average Bonchev–Trinajstić information content (AvgIpc) is 3.74. The summed E-state index contributed by atoms with van der Waals surface area (Å²) in [5.74, 6) is 0.177. The van der Waals surface area contributed by atoms with Gasteiger partial charge in [-0.2, -0.15) is 9.49 Å². The third kappa shape index (κ3) is 4.07. The van der Waals surface area contributed by atoms with Gasteiger partial charge in [-0.25, -0.2) is 0 Å². The Hall–Kier alpha value is -4.30. The van der Waals surface area contributed by atoms with E-state index in [1.807, 2.05) is 48.7 Å². The number of nitrogens with zero attached hydrogens (tertiary/aromatic N) is 2. The van der Waals surface area contributed by atoms with Gasteiger partial charge in [-0.1, -0.05) is 31.0 Å². The van der Waals surface area contributed by atoms with Crippen molar-refractivity contribution in [2.45, 2.75) is 25.7 Å². The number of aromatic amines is 2. The monoisotopic (exact) mass is 521 g/mol. The summed E-state index contributed by atoms with van der Waals surface area (Å²) in [6.07, 6.45) is 7.65. The van der Waals surface area contributed by atoms with Crippen LogP contribution in [0.15, 0.2) is 73.1 Å². The van der Waals surface area contributed by atoms with Crippen molar-refractivity contribution < 1.29 is 9.18 Å². The molecule has 0 unspecified atom stereocenters. The van der Waals surface area contributed by atoms with Crippen LogP contribution in [-0.2, 0) is 4.79 Å². The van der Waals surface area contributed by atoms with E-state index in [9.17, 15) is 9.18 Å². The second-order valence-electron chi connectivity index (χ2n) is 9.82. The van der Waals surface area contributed by atoms with Gasteiger partial charge in [0.25, 0.3) is 0 Å². The fourth-order valence-corrected chi connectivity index (χ4v) is 6.22. The SMILES string of the molecule is O=C(Nc1cncc(-c2ccc3[nH]nc(-c4cc5c(-c6ccc(F)s6)cccc5[nH]4)c3c2)c1)C1CCCC1. The molecule has 4 aromatic heterocycles. The molecule has 8 heteroatoms. The maximum Gasteiger partial charge on any atom is 0.227 e. The number of hydrogen-bond acceptors (Lipinski definition) is 4. The Bertz CT molecular complexity index is 1810. The molecule has 38 heavy (non-hydrogen) atoms. The Labute approximate surface area is 221 Å². The molecule has 3 N–H and O–H groups in total. The summed E-state index contributed by atoms with van der Waals surface area (Å²) in [7, 11) is 0. The zero-order valence-corrected chi connectivity index (χ0v) is 21.2. The molecule has 6 nitrogen and oxygen atoms in total. The van der Waals surface area contributed by atoms with Gasteiger partial charge in [-0.15, -0.1) is 11.3 Å². The topological polar surface area (TPSA) is 86.5 Å². The van der Waals surface area contributed by atoms with Gasteiger partial charge in [-0.05, 0) is 60.9 Å². The lowest BCUT2D eigenvalue weighted by Crippen LogP contribution is -2.20. The van der Waals surface area contributed by atoms with Crippen molar-refractivity contribution in [2.24, 2.45) is 5.92 Å². The predicted molar refractivity (Wildman–Crippen MR) is 150 cm³/mol. The molecule has 0 saturated heterocycles. The summed E-state index contributed by atoms with van der Waals surface area (Å²) in [4.78, 5) is 21.4. The quantitative estimate of drug-likeness (QED) is 0.217. The number of fused-ring (bicyclic) bond motifs is 2. The highest BCUT2D eigenvalue weighted by Crippen LogP contribution is 2.37. The van der Waals surface area contributed by atoms with Gasteiger partial charge in [0.1, 0.15) is 5.69 Å². The number of nitrogens with one attached hydrogen (secondary N) is 3. The van der Waals surface area contributed by atoms with Crippen molar-refractivity contribution in [2.75, 3.05) is 5.32 Å². The van der Waals surface area contributed by atoms with E-state index in [1.165, 1.54) is 6.07 Å². The van der Waals surface area contributed by atoms with Crippen LogP contribution in [0.25, 0.3) is 54.8 Å². The second-order valence-corrected chi connectivity index (χ2v) is 10.9. The van der Waals surface area contributed by atoms with E-state index < -0.39 is 0 Å². The number of carbonyl (C=O) groups is 1. The van der Waals surface area contributed by atoms with Gasteiger partial charge in [0.05, 0.1) is 23.1 Å². The lowest BCUT2D eigenvalue weighted by Gasteiger charge is -2.11. The van der Waals surface area contributed by atoms with Crippen LogP contribution in [0.2, 0.25) is 0 Å². The van der Waals surface area contributed by atoms with Crippen LogP contribution in [0.1, 0.15) is 25.7 Å². The maximum absolute atomic E-state index is 13.7. The second kappa shape index (κ2) is 9.22. The molecule has 1 aliphatic carbocycles. The van der Waals surface area contributed by atoms with Gasteiger partial charge in [0, 0.05) is 44.4 Å². The molecule has 2 aromatic carbocycles. The van der Waals surface area contributed by atoms with E-state index in [1.54, 1.807) is 6.20 Å². The Kier molecular flexibility index (Phi) is 5.55. The minimum Gasteiger partial charge on any atom is -0.353 e. The summed E-state index contributed by atoms with van der Waals surface area (Å²) >= 11 is 1.14. The lowest BCUT2D eigenvalue weighted by atomic mass is 10.0. The number of hydrogen-bond donors (Lipinski definition) is 3. The van der Waals surface area contributed by atoms with Gasteiger partial charge in [0.15, 0.2) is 5.13 Å². The van der Waals surface area contributed by atoms with Crippen LogP contribution < -0.4 is 5.32 Å². The third-order valence-electron chi connectivity index (χ3n) is 7.39. The smallest absolute Gasteiger partial charge is 0.227 e. The molecule has 0 radical (unpaired) electrons. The highest BCUT2D eigenvalue weighted by Gasteiger charge is 2.23. The molecule has 0 spiro atoms. The largest absolute Gasteiger partial charge is 0.353 e. The summed E-state index contributed by atoms with van der Waals surface area (Å²) in [5.41, 5.74) is 7.16. The van der Waals surface area contributed by atoms with Crippen LogP contribution >= 0.6 is 11.3 Å². The zero-order chi connectivity index (χ0) is 25.6. The molecule has 0 atom stereocenters. The van der Waals surface area contributed by atoms with Crippen molar-refractivity contribution in [1.82, 2.24) is 20.2 Å². The van der Waals surface area contributed by atoms with Gasteiger partial charge < -0.3 is 10.3 Å². The van der Waals surface area contributed by atoms with Crippen molar-refractivity contribution in [3.8, 4) is 33.0 Å². The molecule has 1 aliphatic rings. The number of pyridine rings is 1. The summed E-state index contributed by atoms with van der Waals surface area (Å²) < 4.78 is 13.7. The number of H-pyrrole nitrogens is 2. The molecule has 188 valence electrons. The van der Waals surface area contributed by atoms with E-state index in [-0.39, 0.29) is 17.0 Å². The van der Waals surface area contributed by atoms with Crippen molar-refractivity contribution in [3.05, 3.63) is 78.2 Å². The number of thiophene rings is 1. The Morgan fingerprint density at radius 3 is 2.68 bits per heavy atom. The molecule has 6 aromatic rings. The van der Waals surface area contributed by atoms with E-state index in [0.717, 1.165) is 91.8 Å². The van der Waals surface area contributed by atoms with Gasteiger partial charge >= 0.3 is 0 Å². The first-order chi connectivity index (χ1) is 18.6. The first kappa shape index (κ1) is 22.9. The van der Waals surface area contributed by atoms with Crippen molar-refractivity contribution >= 4 is 44.7 Å². The fourth-order valence-electron chi connectivity index (χ4n) is 5.45. The van der Waals surface area contributed by atoms with Crippen LogP contribution in [0.3, 0.4) is 0 Å². The number of rotatable bonds is 5. The van der Waals surface area contributed by atoms with E-state index >= 15 is 0 Å². The van der Waals surface area contributed by atoms with Gasteiger partial charge in [0.2, 0.25) is 5.91 Å². The molecule has 7 rings (SSSR count). The van der Waals surface area contributed by atoms with Crippen molar-refractivity contribution in [3.63, 3.8) is 0 Å². The molecule has 1 fully saturated rings. The number of anilines is 1. The van der Waals surface area contributed by atoms with Crippen LogP contribution in [-0.4, -0.2) is 26.1 Å². The summed E-state index contributed by atoms with van der Waals surface area (Å²) in [6.45, 7) is 0. The zero-order valence-electron chi connectivity index (χ0n) is 20.4.